The number of nitrogens with one attached hydrogen (secondary N) is 1. The van der Waals surface area contributed by atoms with Crippen molar-refractivity contribution in [1.82, 2.24) is 5.32 Å². The Balaban J connectivity index is 2.71. The third-order valence-electron chi connectivity index (χ3n) is 1.12. The molecule has 0 radical (unpaired) electrons. The van der Waals surface area contributed by atoms with Crippen molar-refractivity contribution >= 4 is 11.3 Å². The van der Waals surface area contributed by atoms with Gasteiger partial charge >= 0.3 is 0 Å². The monoisotopic (exact) mass is 152 g/mol. The summed E-state index contributed by atoms with van der Waals surface area (Å²) in [5.74, 6) is 0. The van der Waals surface area contributed by atoms with Crippen molar-refractivity contribution < 1.29 is 0 Å². The maximum absolute atomic E-state index is 8.46. The Morgan fingerprint density at radius 1 is 1.70 bits per heavy atom. The Bertz CT molecular complexity index is 246. The van der Waals surface area contributed by atoms with Gasteiger partial charge in [0.2, 0.25) is 0 Å². The minimum Gasteiger partial charge on any atom is -0.315 e. The lowest BCUT2D eigenvalue weighted by atomic mass is 10.4. The van der Waals surface area contributed by atoms with Crippen molar-refractivity contribution in [1.29, 1.82) is 5.26 Å². The summed E-state index contributed by atoms with van der Waals surface area (Å²) in [5.41, 5.74) is 0. The summed E-state index contributed by atoms with van der Waals surface area (Å²) in [6.07, 6.45) is 0. The fourth-order valence-electron chi connectivity index (χ4n) is 0.707. The predicted octanol–water partition coefficient (Wildman–Crippen LogP) is 1.34. The van der Waals surface area contributed by atoms with E-state index >= 15 is 0 Å². The first-order chi connectivity index (χ1) is 4.86. The molecule has 3 heteroatoms. The Morgan fingerprint density at radius 2 is 2.50 bits per heavy atom. The quantitative estimate of drug-likeness (QED) is 0.694. The molecule has 0 aliphatic carbocycles. The minimum absolute atomic E-state index is 0.783. The van der Waals surface area contributed by atoms with Crippen molar-refractivity contribution in [3.8, 4) is 6.07 Å². The van der Waals surface area contributed by atoms with Crippen LogP contribution in [0.1, 0.15) is 9.75 Å². The van der Waals surface area contributed by atoms with E-state index in [0.29, 0.717) is 0 Å². The molecule has 0 aliphatic heterocycles. The van der Waals surface area contributed by atoms with Gasteiger partial charge in [-0.25, -0.2) is 0 Å². The molecule has 0 fully saturated rings. The second-order valence-electron chi connectivity index (χ2n) is 1.91. The number of rotatable bonds is 2. The Morgan fingerprint density at radius 3 is 3.00 bits per heavy atom. The van der Waals surface area contributed by atoms with Gasteiger partial charge in [0.05, 0.1) is 0 Å². The van der Waals surface area contributed by atoms with Crippen molar-refractivity contribution in [2.24, 2.45) is 0 Å². The second-order valence-corrected chi connectivity index (χ2v) is 3.08. The molecule has 52 valence electrons. The van der Waals surface area contributed by atoms with Crippen molar-refractivity contribution in [2.45, 2.75) is 6.54 Å². The van der Waals surface area contributed by atoms with Gasteiger partial charge in [-0.2, -0.15) is 5.26 Å². The molecule has 1 aromatic rings. The maximum atomic E-state index is 8.46. The highest BCUT2D eigenvalue weighted by Crippen LogP contribution is 2.14. The molecule has 0 saturated heterocycles. The first-order valence-corrected chi connectivity index (χ1v) is 3.82. The van der Waals surface area contributed by atoms with Gasteiger partial charge in [0, 0.05) is 11.4 Å². The largest absolute Gasteiger partial charge is 0.315 e. The van der Waals surface area contributed by atoms with Gasteiger partial charge in [0.25, 0.3) is 0 Å². The normalized spacial score (nSPS) is 9.20. The number of thiophene rings is 1. The highest BCUT2D eigenvalue weighted by molar-refractivity contribution is 7.12. The average molecular weight is 152 g/mol. The fourth-order valence-corrected chi connectivity index (χ4v) is 1.52. The zero-order valence-electron chi connectivity index (χ0n) is 5.72. The molecule has 0 spiro atoms. The van der Waals surface area contributed by atoms with Gasteiger partial charge in [-0.1, -0.05) is 0 Å². The van der Waals surface area contributed by atoms with E-state index in [2.05, 4.69) is 11.4 Å². The third-order valence-corrected chi connectivity index (χ3v) is 2.11. The fraction of sp³-hybridized carbons (Fsp3) is 0.286. The van der Waals surface area contributed by atoms with E-state index in [1.54, 1.807) is 0 Å². The van der Waals surface area contributed by atoms with E-state index in [0.717, 1.165) is 11.4 Å². The van der Waals surface area contributed by atoms with Crippen LogP contribution in [0.15, 0.2) is 12.1 Å². The molecule has 0 aromatic carbocycles. The highest BCUT2D eigenvalue weighted by atomic mass is 32.1. The smallest absolute Gasteiger partial charge is 0.110 e. The van der Waals surface area contributed by atoms with Crippen molar-refractivity contribution in [3.05, 3.63) is 21.9 Å². The van der Waals surface area contributed by atoms with Crippen LogP contribution in [0.4, 0.5) is 0 Å². The van der Waals surface area contributed by atoms with E-state index in [-0.39, 0.29) is 0 Å². The molecule has 10 heavy (non-hydrogen) atoms. The molecule has 1 rings (SSSR count). The van der Waals surface area contributed by atoms with Gasteiger partial charge in [-0.15, -0.1) is 11.3 Å². The van der Waals surface area contributed by atoms with E-state index < -0.39 is 0 Å². The summed E-state index contributed by atoms with van der Waals surface area (Å²) >= 11 is 1.53. The molecular weight excluding hydrogens is 144 g/mol. The van der Waals surface area contributed by atoms with Gasteiger partial charge in [-0.3, -0.25) is 0 Å². The summed E-state index contributed by atoms with van der Waals surface area (Å²) in [7, 11) is 1.89. The lowest BCUT2D eigenvalue weighted by Gasteiger charge is -1.89. The molecule has 0 unspecified atom stereocenters. The number of hydrogen-bond acceptors (Lipinski definition) is 3. The maximum Gasteiger partial charge on any atom is 0.110 e. The van der Waals surface area contributed by atoms with Gasteiger partial charge in [0.15, 0.2) is 0 Å². The summed E-state index contributed by atoms with van der Waals surface area (Å²) in [6.45, 7) is 0.854. The molecule has 0 amide bonds. The van der Waals surface area contributed by atoms with E-state index in [4.69, 9.17) is 5.26 Å². The molecule has 1 N–H and O–H groups in total. The number of hydrogen-bond donors (Lipinski definition) is 1. The SMILES string of the molecule is CNCc1ccc(C#N)s1. The highest BCUT2D eigenvalue weighted by Gasteiger charge is 1.95. The lowest BCUT2D eigenvalue weighted by Crippen LogP contribution is -2.02. The molecule has 0 atom stereocenters. The Labute approximate surface area is 64.1 Å². The minimum atomic E-state index is 0.783. The Hall–Kier alpha value is -0.850. The van der Waals surface area contributed by atoms with Crippen LogP contribution in [-0.2, 0) is 6.54 Å². The summed E-state index contributed by atoms with van der Waals surface area (Å²) in [4.78, 5) is 1.99. The van der Waals surface area contributed by atoms with Crippen LogP contribution in [0.25, 0.3) is 0 Å². The Kier molecular flexibility index (Phi) is 2.43. The number of nitriles is 1. The van der Waals surface area contributed by atoms with Crippen LogP contribution < -0.4 is 5.32 Å². The topological polar surface area (TPSA) is 35.8 Å². The van der Waals surface area contributed by atoms with Crippen molar-refractivity contribution in [3.63, 3.8) is 0 Å². The first kappa shape index (κ1) is 7.26. The van der Waals surface area contributed by atoms with Crippen LogP contribution >= 0.6 is 11.3 Å². The van der Waals surface area contributed by atoms with Crippen LogP contribution in [0, 0.1) is 11.3 Å². The molecular formula is C7H8N2S. The molecule has 0 bridgehead atoms. The number of nitrogens with zero attached hydrogens (tertiary/aromatic N) is 1. The third kappa shape index (κ3) is 1.56. The van der Waals surface area contributed by atoms with Crippen LogP contribution in [0.5, 0.6) is 0 Å². The zero-order valence-corrected chi connectivity index (χ0v) is 6.53. The molecule has 0 saturated carbocycles. The standard InChI is InChI=1S/C7H8N2S/c1-9-5-7-3-2-6(4-8)10-7/h2-3,9H,5H2,1H3. The van der Waals surface area contributed by atoms with Crippen LogP contribution in [0.3, 0.4) is 0 Å². The van der Waals surface area contributed by atoms with Crippen molar-refractivity contribution in [2.75, 3.05) is 7.05 Å². The average Bonchev–Trinajstić information content (AvgIpc) is 2.37. The summed E-state index contributed by atoms with van der Waals surface area (Å²) in [5, 5.41) is 11.5. The second kappa shape index (κ2) is 3.35. The summed E-state index contributed by atoms with van der Waals surface area (Å²) in [6, 6.07) is 5.91. The summed E-state index contributed by atoms with van der Waals surface area (Å²) < 4.78 is 0. The molecule has 1 aromatic heterocycles. The molecule has 1 heterocycles. The van der Waals surface area contributed by atoms with Gasteiger partial charge in [0.1, 0.15) is 10.9 Å². The molecule has 0 aliphatic rings. The van der Waals surface area contributed by atoms with Gasteiger partial charge < -0.3 is 5.32 Å². The van der Waals surface area contributed by atoms with E-state index in [1.807, 2.05) is 19.2 Å². The van der Waals surface area contributed by atoms with E-state index in [1.165, 1.54) is 16.2 Å². The van der Waals surface area contributed by atoms with Crippen LogP contribution in [0.2, 0.25) is 0 Å². The molecule has 2 nitrogen and oxygen atoms in total. The van der Waals surface area contributed by atoms with Gasteiger partial charge in [-0.05, 0) is 19.2 Å². The zero-order chi connectivity index (χ0) is 7.40. The predicted molar refractivity (Wildman–Crippen MR) is 41.8 cm³/mol. The van der Waals surface area contributed by atoms with Crippen LogP contribution in [-0.4, -0.2) is 7.05 Å². The van der Waals surface area contributed by atoms with E-state index in [9.17, 15) is 0 Å². The lowest BCUT2D eigenvalue weighted by molar-refractivity contribution is 0.831. The first-order valence-electron chi connectivity index (χ1n) is 3.00.